The number of aliphatic carboxylic acids is 1. The molecular weight excluding hydrogens is 354 g/mol. The fourth-order valence-electron chi connectivity index (χ4n) is 4.44. The van der Waals surface area contributed by atoms with Gasteiger partial charge in [-0.2, -0.15) is 0 Å². The Kier molecular flexibility index (Phi) is 4.84. The van der Waals surface area contributed by atoms with Gasteiger partial charge in [0.15, 0.2) is 0 Å². The van der Waals surface area contributed by atoms with E-state index in [2.05, 4.69) is 0 Å². The summed E-state index contributed by atoms with van der Waals surface area (Å²) in [5, 5.41) is 9.91. The summed E-state index contributed by atoms with van der Waals surface area (Å²) in [6.45, 7) is 0.975. The molecule has 1 amide bonds. The van der Waals surface area contributed by atoms with Gasteiger partial charge >= 0.3 is 5.97 Å². The molecule has 2 aromatic rings. The number of nitrogens with zero attached hydrogens (tertiary/aromatic N) is 1. The SMILES string of the molecule is COc1cccc([C@H]2C[C@H]2C(=O)N2CCC(C(=O)O)(c3ccccc3)CC2)c1. The molecule has 1 aliphatic carbocycles. The number of hydrogen-bond donors (Lipinski definition) is 1. The Balaban J connectivity index is 1.42. The lowest BCUT2D eigenvalue weighted by Crippen LogP contribution is -2.49. The Bertz CT molecular complexity index is 871. The van der Waals surface area contributed by atoms with Crippen LogP contribution < -0.4 is 4.74 Å². The van der Waals surface area contributed by atoms with Gasteiger partial charge in [-0.05, 0) is 48.4 Å². The van der Waals surface area contributed by atoms with Crippen LogP contribution in [0, 0.1) is 5.92 Å². The van der Waals surface area contributed by atoms with Crippen molar-refractivity contribution in [3.8, 4) is 5.75 Å². The van der Waals surface area contributed by atoms with Crippen LogP contribution in [0.4, 0.5) is 0 Å². The predicted molar refractivity (Wildman–Crippen MR) is 105 cm³/mol. The second kappa shape index (κ2) is 7.30. The van der Waals surface area contributed by atoms with Crippen molar-refractivity contribution in [2.24, 2.45) is 5.92 Å². The van der Waals surface area contributed by atoms with E-state index in [1.807, 2.05) is 59.5 Å². The largest absolute Gasteiger partial charge is 0.497 e. The summed E-state index contributed by atoms with van der Waals surface area (Å²) in [5.41, 5.74) is 1.07. The first-order valence-corrected chi connectivity index (χ1v) is 9.77. The zero-order chi connectivity index (χ0) is 19.7. The Morgan fingerprint density at radius 1 is 1.07 bits per heavy atom. The van der Waals surface area contributed by atoms with Crippen LogP contribution in [0.15, 0.2) is 54.6 Å². The van der Waals surface area contributed by atoms with E-state index < -0.39 is 11.4 Å². The molecule has 2 atom stereocenters. The molecule has 0 aromatic heterocycles. The maximum absolute atomic E-state index is 13.0. The highest BCUT2D eigenvalue weighted by molar-refractivity contribution is 5.85. The van der Waals surface area contributed by atoms with E-state index in [1.165, 1.54) is 0 Å². The van der Waals surface area contributed by atoms with Gasteiger partial charge in [0.1, 0.15) is 5.75 Å². The number of hydrogen-bond acceptors (Lipinski definition) is 3. The minimum absolute atomic E-state index is 0.00107. The van der Waals surface area contributed by atoms with Crippen molar-refractivity contribution in [2.75, 3.05) is 20.2 Å². The number of methoxy groups -OCH3 is 1. The second-order valence-electron chi connectivity index (χ2n) is 7.80. The number of carboxylic acids is 1. The fourth-order valence-corrected chi connectivity index (χ4v) is 4.44. The fraction of sp³-hybridized carbons (Fsp3) is 0.391. The van der Waals surface area contributed by atoms with Crippen molar-refractivity contribution in [3.05, 3.63) is 65.7 Å². The van der Waals surface area contributed by atoms with Crippen LogP contribution >= 0.6 is 0 Å². The smallest absolute Gasteiger partial charge is 0.314 e. The number of carboxylic acid groups (broad SMARTS) is 1. The number of benzene rings is 2. The molecule has 0 unspecified atom stereocenters. The van der Waals surface area contributed by atoms with Crippen molar-refractivity contribution >= 4 is 11.9 Å². The van der Waals surface area contributed by atoms with Gasteiger partial charge in [0, 0.05) is 19.0 Å². The predicted octanol–water partition coefficient (Wildman–Crippen LogP) is 3.44. The van der Waals surface area contributed by atoms with Crippen molar-refractivity contribution in [1.82, 2.24) is 4.90 Å². The molecule has 1 N–H and O–H groups in total. The number of rotatable bonds is 5. The number of carbonyl (C=O) groups is 2. The summed E-state index contributed by atoms with van der Waals surface area (Å²) in [6.07, 6.45) is 1.76. The van der Waals surface area contributed by atoms with E-state index in [0.717, 1.165) is 23.3 Å². The molecule has 1 heterocycles. The maximum atomic E-state index is 13.0. The first-order valence-electron chi connectivity index (χ1n) is 9.77. The highest BCUT2D eigenvalue weighted by Crippen LogP contribution is 2.49. The topological polar surface area (TPSA) is 66.8 Å². The lowest BCUT2D eigenvalue weighted by atomic mass is 9.73. The van der Waals surface area contributed by atoms with Crippen molar-refractivity contribution in [3.63, 3.8) is 0 Å². The molecule has 1 aliphatic heterocycles. The van der Waals surface area contributed by atoms with Crippen LogP contribution in [-0.4, -0.2) is 42.1 Å². The van der Waals surface area contributed by atoms with Crippen LogP contribution in [0.1, 0.15) is 36.3 Å². The summed E-state index contributed by atoms with van der Waals surface area (Å²) in [6, 6.07) is 17.3. The molecule has 1 saturated heterocycles. The van der Waals surface area contributed by atoms with E-state index >= 15 is 0 Å². The van der Waals surface area contributed by atoms with Gasteiger partial charge in [-0.25, -0.2) is 0 Å². The minimum atomic E-state index is -0.895. The van der Waals surface area contributed by atoms with E-state index in [0.29, 0.717) is 25.9 Å². The van der Waals surface area contributed by atoms with Crippen molar-refractivity contribution in [1.29, 1.82) is 0 Å². The van der Waals surface area contributed by atoms with Gasteiger partial charge in [-0.1, -0.05) is 42.5 Å². The third-order valence-electron chi connectivity index (χ3n) is 6.29. The summed E-state index contributed by atoms with van der Waals surface area (Å²) in [5.74, 6) is 0.401. The Morgan fingerprint density at radius 2 is 1.79 bits per heavy atom. The molecule has 2 aliphatic rings. The lowest BCUT2D eigenvalue weighted by Gasteiger charge is -2.39. The number of amides is 1. The van der Waals surface area contributed by atoms with E-state index in [9.17, 15) is 14.7 Å². The Hall–Kier alpha value is -2.82. The molecule has 28 heavy (non-hydrogen) atoms. The van der Waals surface area contributed by atoms with Crippen LogP contribution in [-0.2, 0) is 15.0 Å². The van der Waals surface area contributed by atoms with Crippen molar-refractivity contribution < 1.29 is 19.4 Å². The van der Waals surface area contributed by atoms with Gasteiger partial charge in [0.05, 0.1) is 12.5 Å². The van der Waals surface area contributed by atoms with Gasteiger partial charge in [0.2, 0.25) is 5.91 Å². The minimum Gasteiger partial charge on any atom is -0.497 e. The van der Waals surface area contributed by atoms with Gasteiger partial charge < -0.3 is 14.7 Å². The Labute approximate surface area is 164 Å². The number of likely N-dealkylation sites (tertiary alicyclic amines) is 1. The summed E-state index contributed by atoms with van der Waals surface area (Å²) >= 11 is 0. The van der Waals surface area contributed by atoms with Gasteiger partial charge in [0.25, 0.3) is 0 Å². The van der Waals surface area contributed by atoms with Gasteiger partial charge in [-0.3, -0.25) is 9.59 Å². The normalized spacial score (nSPS) is 23.1. The lowest BCUT2D eigenvalue weighted by molar-refractivity contribution is -0.148. The average Bonchev–Trinajstić information content (AvgIpc) is 3.55. The van der Waals surface area contributed by atoms with Crippen LogP contribution in [0.2, 0.25) is 0 Å². The van der Waals surface area contributed by atoms with Crippen LogP contribution in [0.5, 0.6) is 5.75 Å². The van der Waals surface area contributed by atoms with E-state index in [-0.39, 0.29) is 17.7 Å². The van der Waals surface area contributed by atoms with Crippen LogP contribution in [0.3, 0.4) is 0 Å². The second-order valence-corrected chi connectivity index (χ2v) is 7.80. The molecule has 5 nitrogen and oxygen atoms in total. The summed E-state index contributed by atoms with van der Waals surface area (Å²) < 4.78 is 5.28. The molecule has 146 valence electrons. The van der Waals surface area contributed by atoms with Gasteiger partial charge in [-0.15, -0.1) is 0 Å². The molecule has 1 saturated carbocycles. The van der Waals surface area contributed by atoms with Crippen LogP contribution in [0.25, 0.3) is 0 Å². The molecule has 5 heteroatoms. The summed E-state index contributed by atoms with van der Waals surface area (Å²) in [4.78, 5) is 26.9. The first kappa shape index (κ1) is 18.5. The molecule has 0 bridgehead atoms. The standard InChI is InChI=1S/C23H25NO4/c1-28-18-9-5-6-16(14-18)19-15-20(19)21(25)24-12-10-23(11-13-24,22(26)27)17-7-3-2-4-8-17/h2-9,14,19-20H,10-13,15H2,1H3,(H,26,27)/t19-,20-/m1/s1. The quantitative estimate of drug-likeness (QED) is 0.864. The molecule has 2 fully saturated rings. The molecule has 2 aromatic carbocycles. The number of piperidine rings is 1. The monoisotopic (exact) mass is 379 g/mol. The van der Waals surface area contributed by atoms with E-state index in [1.54, 1.807) is 7.11 Å². The number of ether oxygens (including phenoxy) is 1. The average molecular weight is 379 g/mol. The molecular formula is C23H25NO4. The van der Waals surface area contributed by atoms with E-state index in [4.69, 9.17) is 4.74 Å². The highest BCUT2D eigenvalue weighted by Gasteiger charge is 2.49. The first-order chi connectivity index (χ1) is 13.5. The number of carbonyl (C=O) groups excluding carboxylic acids is 1. The Morgan fingerprint density at radius 3 is 2.43 bits per heavy atom. The third-order valence-corrected chi connectivity index (χ3v) is 6.29. The molecule has 0 radical (unpaired) electrons. The zero-order valence-electron chi connectivity index (χ0n) is 16.0. The highest BCUT2D eigenvalue weighted by atomic mass is 16.5. The third kappa shape index (κ3) is 3.26. The molecule has 0 spiro atoms. The zero-order valence-corrected chi connectivity index (χ0v) is 16.0. The maximum Gasteiger partial charge on any atom is 0.314 e. The van der Waals surface area contributed by atoms with Crippen molar-refractivity contribution in [2.45, 2.75) is 30.6 Å². The summed E-state index contributed by atoms with van der Waals surface area (Å²) in [7, 11) is 1.64. The molecule has 4 rings (SSSR count).